The topological polar surface area (TPSA) is 9.72 Å². The molecular weight excluding hydrogens is 761 g/mol. The van der Waals surface area contributed by atoms with E-state index in [0.717, 1.165) is 48.4 Å². The van der Waals surface area contributed by atoms with Crippen LogP contribution in [0.4, 0.5) is 44.2 Å². The smallest absolute Gasteiger partial charge is 0.246 e. The molecule has 12 rings (SSSR count). The van der Waals surface area contributed by atoms with E-state index in [0.29, 0.717) is 0 Å². The SMILES string of the molecule is C[Si]1(c2ccccc2)c2ccc(-c3ccccc3)cc2B2c3ccc(N4C5=C(CCCC5)N(c5ccccc5)c5ccccc54)cc3N(c3cccc(F)c3)c3cccc1c32. The van der Waals surface area contributed by atoms with Crippen LogP contribution in [0.25, 0.3) is 11.1 Å². The third kappa shape index (κ3) is 5.48. The molecule has 4 aliphatic rings. The van der Waals surface area contributed by atoms with Crippen molar-refractivity contribution < 1.29 is 4.39 Å². The van der Waals surface area contributed by atoms with Crippen LogP contribution in [0.1, 0.15) is 25.7 Å². The first-order chi connectivity index (χ1) is 30.1. The van der Waals surface area contributed by atoms with Crippen molar-refractivity contribution >= 4 is 86.5 Å². The maximum atomic E-state index is 15.5. The molecule has 1 aliphatic carbocycles. The van der Waals surface area contributed by atoms with E-state index in [4.69, 9.17) is 0 Å². The summed E-state index contributed by atoms with van der Waals surface area (Å²) in [6.07, 6.45) is 4.30. The summed E-state index contributed by atoms with van der Waals surface area (Å²) in [4.78, 5) is 7.37. The van der Waals surface area contributed by atoms with Crippen LogP contribution in [0, 0.1) is 5.82 Å². The van der Waals surface area contributed by atoms with E-state index < -0.39 is 8.07 Å². The van der Waals surface area contributed by atoms with Gasteiger partial charge in [-0.2, -0.15) is 0 Å². The van der Waals surface area contributed by atoms with E-state index in [-0.39, 0.29) is 12.5 Å². The minimum atomic E-state index is -2.55. The highest BCUT2D eigenvalue weighted by atomic mass is 28.3. The highest BCUT2D eigenvalue weighted by Crippen LogP contribution is 2.51. The molecule has 0 amide bonds. The Morgan fingerprint density at radius 1 is 0.443 bits per heavy atom. The average Bonchev–Trinajstić information content (AvgIpc) is 3.32. The minimum Gasteiger partial charge on any atom is -0.311 e. The number of para-hydroxylation sites is 3. The summed E-state index contributed by atoms with van der Waals surface area (Å²) in [6.45, 7) is 2.51. The first kappa shape index (κ1) is 36.0. The lowest BCUT2D eigenvalue weighted by Crippen LogP contribution is -2.82. The third-order valence-electron chi connectivity index (χ3n) is 13.7. The van der Waals surface area contributed by atoms with Gasteiger partial charge in [-0.3, -0.25) is 0 Å². The molecule has 0 N–H and O–H groups in total. The van der Waals surface area contributed by atoms with Crippen molar-refractivity contribution in [3.8, 4) is 11.1 Å². The van der Waals surface area contributed by atoms with Crippen LogP contribution < -0.4 is 46.6 Å². The van der Waals surface area contributed by atoms with Crippen molar-refractivity contribution in [1.82, 2.24) is 0 Å². The van der Waals surface area contributed by atoms with Gasteiger partial charge in [0.2, 0.25) is 6.71 Å². The fourth-order valence-corrected chi connectivity index (χ4v) is 15.3. The molecule has 0 saturated carbocycles. The molecule has 3 aliphatic heterocycles. The Morgan fingerprint density at radius 3 is 1.77 bits per heavy atom. The zero-order valence-corrected chi connectivity index (χ0v) is 35.1. The van der Waals surface area contributed by atoms with Gasteiger partial charge in [-0.25, -0.2) is 4.39 Å². The number of rotatable bonds is 5. The van der Waals surface area contributed by atoms with E-state index >= 15 is 4.39 Å². The quantitative estimate of drug-likeness (QED) is 0.161. The van der Waals surface area contributed by atoms with Crippen LogP contribution in [-0.2, 0) is 0 Å². The van der Waals surface area contributed by atoms with Crippen molar-refractivity contribution in [1.29, 1.82) is 0 Å². The number of halogens is 1. The van der Waals surface area contributed by atoms with Crippen LogP contribution in [0.2, 0.25) is 6.55 Å². The number of nitrogens with zero attached hydrogens (tertiary/aromatic N) is 3. The van der Waals surface area contributed by atoms with E-state index in [1.54, 1.807) is 12.1 Å². The maximum Gasteiger partial charge on any atom is 0.246 e. The van der Waals surface area contributed by atoms with Gasteiger partial charge >= 0.3 is 0 Å². The number of allylic oxidation sites excluding steroid dienone is 2. The third-order valence-corrected chi connectivity index (χ3v) is 18.3. The molecular formula is C55H43BFN3Si. The normalized spacial score (nSPS) is 17.3. The van der Waals surface area contributed by atoms with Crippen LogP contribution in [0.5, 0.6) is 0 Å². The molecule has 1 unspecified atom stereocenters. The van der Waals surface area contributed by atoms with E-state index in [9.17, 15) is 0 Å². The molecule has 6 heteroatoms. The Bertz CT molecular complexity index is 3040. The van der Waals surface area contributed by atoms with Gasteiger partial charge in [0, 0.05) is 39.8 Å². The summed E-state index contributed by atoms with van der Waals surface area (Å²) < 4.78 is 15.5. The molecule has 3 heterocycles. The fourth-order valence-electron chi connectivity index (χ4n) is 11.0. The number of anilines is 7. The molecule has 61 heavy (non-hydrogen) atoms. The summed E-state index contributed by atoms with van der Waals surface area (Å²) in [7, 11) is -2.55. The lowest BCUT2D eigenvalue weighted by Gasteiger charge is -2.47. The number of benzene rings is 8. The second-order valence-electron chi connectivity index (χ2n) is 17.0. The van der Waals surface area contributed by atoms with Crippen molar-refractivity contribution in [2.24, 2.45) is 0 Å². The van der Waals surface area contributed by atoms with Gasteiger partial charge in [-0.1, -0.05) is 156 Å². The second-order valence-corrected chi connectivity index (χ2v) is 20.9. The summed E-state index contributed by atoms with van der Waals surface area (Å²) >= 11 is 0. The second kappa shape index (κ2) is 14.1. The maximum absolute atomic E-state index is 15.5. The van der Waals surface area contributed by atoms with Crippen LogP contribution in [-0.4, -0.2) is 14.8 Å². The predicted octanol–water partition coefficient (Wildman–Crippen LogP) is 10.3. The van der Waals surface area contributed by atoms with Gasteiger partial charge < -0.3 is 14.7 Å². The Labute approximate surface area is 358 Å². The first-order valence-corrected chi connectivity index (χ1v) is 24.1. The van der Waals surface area contributed by atoms with Gasteiger partial charge in [0.05, 0.1) is 11.4 Å². The van der Waals surface area contributed by atoms with Gasteiger partial charge in [-0.05, 0) is 114 Å². The van der Waals surface area contributed by atoms with Crippen molar-refractivity contribution in [3.63, 3.8) is 0 Å². The molecule has 8 aromatic rings. The zero-order chi connectivity index (χ0) is 40.7. The average molecular weight is 804 g/mol. The monoisotopic (exact) mass is 803 g/mol. The summed E-state index contributed by atoms with van der Waals surface area (Å²) in [5.41, 5.74) is 16.8. The lowest BCUT2D eigenvalue weighted by molar-refractivity contribution is 0.628. The molecule has 8 aromatic carbocycles. The van der Waals surface area contributed by atoms with Crippen LogP contribution >= 0.6 is 0 Å². The largest absolute Gasteiger partial charge is 0.311 e. The molecule has 3 nitrogen and oxygen atoms in total. The van der Waals surface area contributed by atoms with E-state index in [1.165, 1.54) is 71.5 Å². The molecule has 0 bridgehead atoms. The van der Waals surface area contributed by atoms with Crippen molar-refractivity contribution in [3.05, 3.63) is 211 Å². The highest BCUT2D eigenvalue weighted by Gasteiger charge is 2.50. The van der Waals surface area contributed by atoms with Gasteiger partial charge in [0.1, 0.15) is 13.9 Å². The van der Waals surface area contributed by atoms with Crippen LogP contribution in [0.15, 0.2) is 206 Å². The number of fused-ring (bicyclic) bond motifs is 5. The lowest BCUT2D eigenvalue weighted by atomic mass is 9.34. The molecule has 0 spiro atoms. The first-order valence-electron chi connectivity index (χ1n) is 21.6. The van der Waals surface area contributed by atoms with Crippen molar-refractivity contribution in [2.75, 3.05) is 14.7 Å². The standard InChI is InChI=1S/C55H43BFN3Si/c1-61(44-23-9-4-10-24-44)53-34-31-39(38-17-5-2-6-18-38)35-46(53)56-45-33-32-43(37-52(45)60(42-22-15-19-40(57)36-42)51-29-16-30-54(61)55(51)56)59-49-27-13-11-25-47(49)58(41-20-7-3-8-21-41)48-26-12-14-28-50(48)59/h2-11,13,15-25,27,29-37H,12,14,26,28H2,1H3. The molecule has 292 valence electrons. The highest BCUT2D eigenvalue weighted by molar-refractivity contribution is 7.20. The molecule has 0 fully saturated rings. The number of hydrogen-bond donors (Lipinski definition) is 0. The fraction of sp³-hybridized carbons (Fsp3) is 0.0909. The Kier molecular flexibility index (Phi) is 8.33. The predicted molar refractivity (Wildman–Crippen MR) is 257 cm³/mol. The summed E-state index contributed by atoms with van der Waals surface area (Å²) in [6, 6.07) is 70.1. The Morgan fingerprint density at radius 2 is 1.05 bits per heavy atom. The van der Waals surface area contributed by atoms with E-state index in [1.807, 2.05) is 6.07 Å². The Balaban J connectivity index is 1.13. The van der Waals surface area contributed by atoms with Crippen molar-refractivity contribution in [2.45, 2.75) is 32.2 Å². The Hall–Kier alpha value is -6.89. The molecule has 0 aromatic heterocycles. The molecule has 1 atom stereocenters. The van der Waals surface area contributed by atoms with E-state index in [2.05, 4.69) is 197 Å². The van der Waals surface area contributed by atoms with Gasteiger partial charge in [0.15, 0.2) is 0 Å². The minimum absolute atomic E-state index is 0.0188. The summed E-state index contributed by atoms with van der Waals surface area (Å²) in [5, 5.41) is 4.25. The number of hydrogen-bond acceptors (Lipinski definition) is 3. The van der Waals surface area contributed by atoms with Gasteiger partial charge in [0.25, 0.3) is 0 Å². The zero-order valence-electron chi connectivity index (χ0n) is 34.1. The van der Waals surface area contributed by atoms with Crippen LogP contribution in [0.3, 0.4) is 0 Å². The molecule has 0 saturated heterocycles. The molecule has 0 radical (unpaired) electrons. The summed E-state index contributed by atoms with van der Waals surface area (Å²) in [5.74, 6) is -0.244. The van der Waals surface area contributed by atoms with Gasteiger partial charge in [-0.15, -0.1) is 0 Å².